The lowest BCUT2D eigenvalue weighted by Gasteiger charge is -2.46. The minimum atomic E-state index is -0.556. The fourth-order valence-electron chi connectivity index (χ4n) is 5.84. The number of nitrogens with zero attached hydrogens (tertiary/aromatic N) is 1. The van der Waals surface area contributed by atoms with Crippen molar-refractivity contribution in [2.45, 2.75) is 56.9 Å². The molecule has 0 aliphatic carbocycles. The van der Waals surface area contributed by atoms with E-state index in [-0.39, 0.29) is 6.61 Å². The van der Waals surface area contributed by atoms with Gasteiger partial charge in [0.1, 0.15) is 30.5 Å². The topological polar surface area (TPSA) is 69.9 Å². The van der Waals surface area contributed by atoms with Gasteiger partial charge in [-0.15, -0.1) is 0 Å². The van der Waals surface area contributed by atoms with E-state index in [0.717, 1.165) is 27.8 Å². The van der Waals surface area contributed by atoms with E-state index in [1.807, 2.05) is 140 Å². The molecule has 6 nitrogen and oxygen atoms in total. The van der Waals surface area contributed by atoms with Crippen LogP contribution >= 0.6 is 0 Å². The predicted molar refractivity (Wildman–Crippen MR) is 180 cm³/mol. The molecule has 0 radical (unpaired) electrons. The summed E-state index contributed by atoms with van der Waals surface area (Å²) in [5.41, 5.74) is 5.59. The van der Waals surface area contributed by atoms with Gasteiger partial charge in [-0.2, -0.15) is 5.26 Å². The lowest BCUT2D eigenvalue weighted by atomic mass is 9.89. The highest BCUT2D eigenvalue weighted by molar-refractivity contribution is 5.35. The molecule has 0 bridgehead atoms. The molecular formula is C41H39NO5. The van der Waals surface area contributed by atoms with E-state index in [2.05, 4.69) is 6.07 Å². The Morgan fingerprint density at radius 3 is 1.49 bits per heavy atom. The Balaban J connectivity index is 1.35. The highest BCUT2D eigenvalue weighted by atomic mass is 16.6. The zero-order valence-corrected chi connectivity index (χ0v) is 26.3. The van der Waals surface area contributed by atoms with Crippen molar-refractivity contribution >= 4 is 0 Å². The summed E-state index contributed by atoms with van der Waals surface area (Å²) in [4.78, 5) is 0. The van der Waals surface area contributed by atoms with Gasteiger partial charge in [-0.3, -0.25) is 0 Å². The molecule has 1 aliphatic rings. The molecule has 0 amide bonds. The van der Waals surface area contributed by atoms with Gasteiger partial charge < -0.3 is 23.7 Å². The molecule has 0 spiro atoms. The van der Waals surface area contributed by atoms with Crippen LogP contribution in [0.3, 0.4) is 0 Å². The van der Waals surface area contributed by atoms with Gasteiger partial charge in [-0.05, 0) is 39.9 Å². The third-order valence-electron chi connectivity index (χ3n) is 8.23. The van der Waals surface area contributed by atoms with Crippen LogP contribution in [0.2, 0.25) is 0 Å². The Labute approximate surface area is 277 Å². The lowest BCUT2D eigenvalue weighted by Crippen LogP contribution is -2.58. The van der Waals surface area contributed by atoms with Crippen molar-refractivity contribution in [3.05, 3.63) is 179 Å². The SMILES string of the molecule is N#Cc1cccc([C@@H]2OC(COCc3ccccc3)[C@@H](OCc3ccccc3)C(OCc3ccccc3)C2OCc2ccccc2)c1. The third-order valence-corrected chi connectivity index (χ3v) is 8.23. The second-order valence-corrected chi connectivity index (χ2v) is 11.6. The van der Waals surface area contributed by atoms with Gasteiger partial charge in [-0.25, -0.2) is 0 Å². The zero-order valence-electron chi connectivity index (χ0n) is 26.3. The van der Waals surface area contributed by atoms with Crippen LogP contribution < -0.4 is 0 Å². The minimum Gasteiger partial charge on any atom is -0.374 e. The summed E-state index contributed by atoms with van der Waals surface area (Å²) in [5, 5.41) is 9.75. The highest BCUT2D eigenvalue weighted by Crippen LogP contribution is 2.39. The normalized spacial score (nSPS) is 20.8. The predicted octanol–water partition coefficient (Wildman–Crippen LogP) is 7.97. The van der Waals surface area contributed by atoms with Crippen molar-refractivity contribution in [3.8, 4) is 6.07 Å². The Hall–Kier alpha value is -4.61. The quantitative estimate of drug-likeness (QED) is 0.125. The Morgan fingerprint density at radius 1 is 0.511 bits per heavy atom. The molecular weight excluding hydrogens is 586 g/mol. The second kappa shape index (κ2) is 16.8. The lowest BCUT2D eigenvalue weighted by molar-refractivity contribution is -0.275. The molecule has 1 saturated heterocycles. The summed E-state index contributed by atoms with van der Waals surface area (Å²) in [5.74, 6) is 0. The van der Waals surface area contributed by atoms with Crippen molar-refractivity contribution in [3.63, 3.8) is 0 Å². The minimum absolute atomic E-state index is 0.277. The van der Waals surface area contributed by atoms with Crippen molar-refractivity contribution in [2.75, 3.05) is 6.61 Å². The van der Waals surface area contributed by atoms with Crippen LogP contribution in [0.15, 0.2) is 146 Å². The van der Waals surface area contributed by atoms with Gasteiger partial charge in [-0.1, -0.05) is 133 Å². The van der Waals surface area contributed by atoms with Crippen LogP contribution in [-0.2, 0) is 50.1 Å². The fourth-order valence-corrected chi connectivity index (χ4v) is 5.84. The number of ether oxygens (including phenoxy) is 5. The van der Waals surface area contributed by atoms with Gasteiger partial charge in [0, 0.05) is 0 Å². The van der Waals surface area contributed by atoms with Gasteiger partial charge >= 0.3 is 0 Å². The standard InChI is InChI=1S/C41H39NO5/c42-25-35-22-13-23-36(24-35)38-40(45-28-33-18-9-3-10-19-33)41(46-29-34-20-11-4-12-21-34)39(44-27-32-16-7-2-8-17-32)37(47-38)30-43-26-31-14-5-1-6-15-31/h1-24,37-41H,26-30H2/t37?,38-,39+,40?,41?/m0/s1. The van der Waals surface area contributed by atoms with E-state index in [9.17, 15) is 5.26 Å². The summed E-state index contributed by atoms with van der Waals surface area (Å²) in [6.07, 6.45) is -2.65. The maximum absolute atomic E-state index is 9.75. The summed E-state index contributed by atoms with van der Waals surface area (Å²) in [6.45, 7) is 1.80. The van der Waals surface area contributed by atoms with E-state index < -0.39 is 30.5 Å². The fraction of sp³-hybridized carbons (Fsp3) is 0.244. The maximum atomic E-state index is 9.75. The first-order chi connectivity index (χ1) is 23.3. The highest BCUT2D eigenvalue weighted by Gasteiger charge is 2.49. The Morgan fingerprint density at radius 2 is 0.979 bits per heavy atom. The molecule has 5 aromatic rings. The number of hydrogen-bond donors (Lipinski definition) is 0. The van der Waals surface area contributed by atoms with Gasteiger partial charge in [0.05, 0.1) is 44.7 Å². The Bertz CT molecular complexity index is 1680. The average Bonchev–Trinajstić information content (AvgIpc) is 3.14. The summed E-state index contributed by atoms with van der Waals surface area (Å²) in [7, 11) is 0. The summed E-state index contributed by atoms with van der Waals surface area (Å²) >= 11 is 0. The number of rotatable bonds is 14. The monoisotopic (exact) mass is 625 g/mol. The smallest absolute Gasteiger partial charge is 0.117 e. The van der Waals surface area contributed by atoms with Crippen LogP contribution in [0.25, 0.3) is 0 Å². The van der Waals surface area contributed by atoms with Crippen molar-refractivity contribution in [1.82, 2.24) is 0 Å². The molecule has 1 fully saturated rings. The van der Waals surface area contributed by atoms with Crippen molar-refractivity contribution in [1.29, 1.82) is 5.26 Å². The molecule has 47 heavy (non-hydrogen) atoms. The first-order valence-electron chi connectivity index (χ1n) is 16.0. The molecule has 238 valence electrons. The zero-order chi connectivity index (χ0) is 32.1. The van der Waals surface area contributed by atoms with E-state index >= 15 is 0 Å². The number of nitriles is 1. The van der Waals surface area contributed by atoms with Gasteiger partial charge in [0.2, 0.25) is 0 Å². The summed E-state index contributed by atoms with van der Waals surface area (Å²) < 4.78 is 33.5. The molecule has 1 aliphatic heterocycles. The first-order valence-corrected chi connectivity index (χ1v) is 16.0. The molecule has 5 atom stereocenters. The average molecular weight is 626 g/mol. The Kier molecular flexibility index (Phi) is 11.6. The molecule has 3 unspecified atom stereocenters. The van der Waals surface area contributed by atoms with Gasteiger partial charge in [0.25, 0.3) is 0 Å². The largest absolute Gasteiger partial charge is 0.374 e. The molecule has 0 N–H and O–H groups in total. The summed E-state index contributed by atoms with van der Waals surface area (Å²) in [6, 6.07) is 50.1. The third kappa shape index (κ3) is 9.02. The molecule has 6 rings (SSSR count). The molecule has 6 heteroatoms. The maximum Gasteiger partial charge on any atom is 0.117 e. The van der Waals surface area contributed by atoms with Crippen LogP contribution in [0.4, 0.5) is 0 Å². The van der Waals surface area contributed by atoms with Crippen LogP contribution in [0.5, 0.6) is 0 Å². The van der Waals surface area contributed by atoms with E-state index in [4.69, 9.17) is 23.7 Å². The van der Waals surface area contributed by atoms with Crippen LogP contribution in [0, 0.1) is 11.3 Å². The van der Waals surface area contributed by atoms with E-state index in [0.29, 0.717) is 32.0 Å². The van der Waals surface area contributed by atoms with E-state index in [1.54, 1.807) is 6.07 Å². The molecule has 1 heterocycles. The first kappa shape index (κ1) is 32.3. The van der Waals surface area contributed by atoms with Crippen LogP contribution in [0.1, 0.15) is 39.5 Å². The number of benzene rings is 5. The number of hydrogen-bond acceptors (Lipinski definition) is 6. The van der Waals surface area contributed by atoms with Crippen LogP contribution in [-0.4, -0.2) is 31.0 Å². The molecule has 0 saturated carbocycles. The molecule has 5 aromatic carbocycles. The van der Waals surface area contributed by atoms with Crippen molar-refractivity contribution in [2.24, 2.45) is 0 Å². The van der Waals surface area contributed by atoms with Crippen molar-refractivity contribution < 1.29 is 23.7 Å². The van der Waals surface area contributed by atoms with Gasteiger partial charge in [0.15, 0.2) is 0 Å². The van der Waals surface area contributed by atoms with E-state index in [1.165, 1.54) is 0 Å². The second-order valence-electron chi connectivity index (χ2n) is 11.6. The molecule has 0 aromatic heterocycles.